The first-order chi connectivity index (χ1) is 9.06. The number of anilines is 1. The molecule has 0 radical (unpaired) electrons. The van der Waals surface area contributed by atoms with Crippen molar-refractivity contribution in [2.24, 2.45) is 0 Å². The molecule has 1 heterocycles. The van der Waals surface area contributed by atoms with Gasteiger partial charge in [-0.2, -0.15) is 0 Å². The third kappa shape index (κ3) is 3.25. The Balaban J connectivity index is 2.07. The number of amides is 1. The lowest BCUT2D eigenvalue weighted by Gasteiger charge is -2.06. The number of hydrogen-bond donors (Lipinski definition) is 2. The van der Waals surface area contributed by atoms with E-state index in [1.807, 2.05) is 0 Å². The first-order valence-corrected chi connectivity index (χ1v) is 5.68. The summed E-state index contributed by atoms with van der Waals surface area (Å²) in [4.78, 5) is 19.9. The van der Waals surface area contributed by atoms with Crippen molar-refractivity contribution in [1.29, 1.82) is 0 Å². The van der Waals surface area contributed by atoms with E-state index in [1.165, 1.54) is 18.2 Å². The van der Waals surface area contributed by atoms with Gasteiger partial charge >= 0.3 is 0 Å². The van der Waals surface area contributed by atoms with Crippen LogP contribution in [-0.2, 0) is 6.54 Å². The molecular formula is C13H13FN4O. The van der Waals surface area contributed by atoms with Crippen LogP contribution in [0.3, 0.4) is 0 Å². The van der Waals surface area contributed by atoms with Crippen LogP contribution in [0.25, 0.3) is 0 Å². The van der Waals surface area contributed by atoms with Crippen molar-refractivity contribution >= 4 is 11.6 Å². The summed E-state index contributed by atoms with van der Waals surface area (Å²) < 4.78 is 13.5. The van der Waals surface area contributed by atoms with E-state index in [4.69, 9.17) is 5.73 Å². The number of hydrogen-bond acceptors (Lipinski definition) is 4. The van der Waals surface area contributed by atoms with Gasteiger partial charge in [0, 0.05) is 11.9 Å². The summed E-state index contributed by atoms with van der Waals surface area (Å²) in [6.07, 6.45) is 1.60. The van der Waals surface area contributed by atoms with Gasteiger partial charge in [0.05, 0.1) is 17.8 Å². The van der Waals surface area contributed by atoms with E-state index in [0.717, 1.165) is 0 Å². The van der Waals surface area contributed by atoms with Gasteiger partial charge in [0.25, 0.3) is 5.91 Å². The number of carbonyl (C=O) groups excluding carboxylic acids is 1. The summed E-state index contributed by atoms with van der Waals surface area (Å²) in [6.45, 7) is 1.96. The first kappa shape index (κ1) is 12.9. The zero-order valence-electron chi connectivity index (χ0n) is 10.4. The Morgan fingerprint density at radius 1 is 1.42 bits per heavy atom. The quantitative estimate of drug-likeness (QED) is 0.818. The molecule has 1 amide bonds. The number of aromatic nitrogens is 2. The van der Waals surface area contributed by atoms with Gasteiger partial charge in [0.1, 0.15) is 11.6 Å². The molecular weight excluding hydrogens is 247 g/mol. The SMILES string of the molecule is Cc1nccc(CNC(=O)c2cc(N)ccc2F)n1. The summed E-state index contributed by atoms with van der Waals surface area (Å²) in [5.74, 6) is -0.520. The lowest BCUT2D eigenvalue weighted by Crippen LogP contribution is -2.24. The van der Waals surface area contributed by atoms with E-state index >= 15 is 0 Å². The van der Waals surface area contributed by atoms with Crippen molar-refractivity contribution in [2.45, 2.75) is 13.5 Å². The predicted octanol–water partition coefficient (Wildman–Crippen LogP) is 1.44. The van der Waals surface area contributed by atoms with Crippen LogP contribution in [0.5, 0.6) is 0 Å². The summed E-state index contributed by atoms with van der Waals surface area (Å²) in [7, 11) is 0. The summed E-state index contributed by atoms with van der Waals surface area (Å²) in [5.41, 5.74) is 6.44. The van der Waals surface area contributed by atoms with Crippen molar-refractivity contribution in [2.75, 3.05) is 5.73 Å². The van der Waals surface area contributed by atoms with Crippen LogP contribution in [0.1, 0.15) is 21.9 Å². The third-order valence-electron chi connectivity index (χ3n) is 2.50. The molecule has 0 aliphatic carbocycles. The Morgan fingerprint density at radius 2 is 2.21 bits per heavy atom. The van der Waals surface area contributed by atoms with Crippen molar-refractivity contribution in [3.63, 3.8) is 0 Å². The Bertz CT molecular complexity index is 615. The van der Waals surface area contributed by atoms with Crippen LogP contribution in [0.15, 0.2) is 30.5 Å². The van der Waals surface area contributed by atoms with Crippen molar-refractivity contribution < 1.29 is 9.18 Å². The largest absolute Gasteiger partial charge is 0.399 e. The van der Waals surface area contributed by atoms with Crippen LogP contribution >= 0.6 is 0 Å². The molecule has 0 saturated carbocycles. The van der Waals surface area contributed by atoms with E-state index < -0.39 is 11.7 Å². The molecule has 2 rings (SSSR count). The van der Waals surface area contributed by atoms with Gasteiger partial charge in [-0.3, -0.25) is 4.79 Å². The molecule has 3 N–H and O–H groups in total. The normalized spacial score (nSPS) is 10.2. The maximum absolute atomic E-state index is 13.5. The maximum atomic E-state index is 13.5. The predicted molar refractivity (Wildman–Crippen MR) is 68.8 cm³/mol. The molecule has 19 heavy (non-hydrogen) atoms. The summed E-state index contributed by atoms with van der Waals surface area (Å²) >= 11 is 0. The average Bonchev–Trinajstić information content (AvgIpc) is 2.39. The molecule has 0 unspecified atom stereocenters. The Morgan fingerprint density at radius 3 is 2.95 bits per heavy atom. The third-order valence-corrected chi connectivity index (χ3v) is 2.50. The van der Waals surface area contributed by atoms with Crippen LogP contribution < -0.4 is 11.1 Å². The molecule has 0 bridgehead atoms. The monoisotopic (exact) mass is 260 g/mol. The summed E-state index contributed by atoms with van der Waals surface area (Å²) in [6, 6.07) is 5.55. The van der Waals surface area contributed by atoms with Crippen LogP contribution in [-0.4, -0.2) is 15.9 Å². The number of rotatable bonds is 3. The highest BCUT2D eigenvalue weighted by Crippen LogP contribution is 2.12. The highest BCUT2D eigenvalue weighted by molar-refractivity contribution is 5.95. The molecule has 0 fully saturated rings. The number of nitrogens with one attached hydrogen (secondary N) is 1. The van der Waals surface area contributed by atoms with E-state index in [1.54, 1.807) is 19.2 Å². The second kappa shape index (κ2) is 5.43. The molecule has 0 spiro atoms. The highest BCUT2D eigenvalue weighted by Gasteiger charge is 2.11. The van der Waals surface area contributed by atoms with Gasteiger partial charge < -0.3 is 11.1 Å². The number of nitrogen functional groups attached to an aromatic ring is 1. The van der Waals surface area contributed by atoms with E-state index in [2.05, 4.69) is 15.3 Å². The number of nitrogens with two attached hydrogens (primary N) is 1. The van der Waals surface area contributed by atoms with Gasteiger partial charge in [-0.05, 0) is 31.2 Å². The standard InChI is InChI=1S/C13H13FN4O/c1-8-16-5-4-10(18-8)7-17-13(19)11-6-9(15)2-3-12(11)14/h2-6H,7,15H2,1H3,(H,17,19). The van der Waals surface area contributed by atoms with Crippen LogP contribution in [0, 0.1) is 12.7 Å². The maximum Gasteiger partial charge on any atom is 0.254 e. The Labute approximate surface area is 109 Å². The lowest BCUT2D eigenvalue weighted by atomic mass is 10.1. The second-order valence-corrected chi connectivity index (χ2v) is 4.02. The fourth-order valence-electron chi connectivity index (χ4n) is 1.59. The van der Waals surface area contributed by atoms with Gasteiger partial charge in [-0.15, -0.1) is 0 Å². The molecule has 1 aromatic carbocycles. The van der Waals surface area contributed by atoms with Crippen molar-refractivity contribution in [1.82, 2.24) is 15.3 Å². The number of benzene rings is 1. The molecule has 1 aromatic heterocycles. The molecule has 5 nitrogen and oxygen atoms in total. The van der Waals surface area contributed by atoms with E-state index in [0.29, 0.717) is 17.2 Å². The summed E-state index contributed by atoms with van der Waals surface area (Å²) in [5, 5.41) is 2.59. The van der Waals surface area contributed by atoms with E-state index in [-0.39, 0.29) is 12.1 Å². The zero-order chi connectivity index (χ0) is 13.8. The number of aryl methyl sites for hydroxylation is 1. The molecule has 6 heteroatoms. The second-order valence-electron chi connectivity index (χ2n) is 4.02. The van der Waals surface area contributed by atoms with E-state index in [9.17, 15) is 9.18 Å². The molecule has 0 atom stereocenters. The minimum absolute atomic E-state index is 0.0780. The van der Waals surface area contributed by atoms with Crippen molar-refractivity contribution in [3.8, 4) is 0 Å². The minimum Gasteiger partial charge on any atom is -0.399 e. The molecule has 0 saturated heterocycles. The van der Waals surface area contributed by atoms with Crippen LogP contribution in [0.2, 0.25) is 0 Å². The average molecular weight is 260 g/mol. The molecule has 0 aliphatic heterocycles. The molecule has 0 aliphatic rings. The topological polar surface area (TPSA) is 80.9 Å². The number of nitrogens with zero attached hydrogens (tertiary/aromatic N) is 2. The Kier molecular flexibility index (Phi) is 3.70. The molecule has 2 aromatic rings. The van der Waals surface area contributed by atoms with Gasteiger partial charge in [-0.25, -0.2) is 14.4 Å². The Hall–Kier alpha value is -2.50. The van der Waals surface area contributed by atoms with Gasteiger partial charge in [0.15, 0.2) is 0 Å². The van der Waals surface area contributed by atoms with Crippen molar-refractivity contribution in [3.05, 3.63) is 53.4 Å². The number of halogens is 1. The fourth-order valence-corrected chi connectivity index (χ4v) is 1.59. The van der Waals surface area contributed by atoms with Gasteiger partial charge in [-0.1, -0.05) is 0 Å². The van der Waals surface area contributed by atoms with Crippen LogP contribution in [0.4, 0.5) is 10.1 Å². The lowest BCUT2D eigenvalue weighted by molar-refractivity contribution is 0.0946. The molecule has 98 valence electrons. The number of carbonyl (C=O) groups is 1. The first-order valence-electron chi connectivity index (χ1n) is 5.68. The smallest absolute Gasteiger partial charge is 0.254 e. The fraction of sp³-hybridized carbons (Fsp3) is 0.154. The van der Waals surface area contributed by atoms with Gasteiger partial charge in [0.2, 0.25) is 0 Å². The minimum atomic E-state index is -0.606. The highest BCUT2D eigenvalue weighted by atomic mass is 19.1. The zero-order valence-corrected chi connectivity index (χ0v) is 10.4.